The van der Waals surface area contributed by atoms with E-state index < -0.39 is 0 Å². The first kappa shape index (κ1) is 14.4. The number of benzene rings is 1. The highest BCUT2D eigenvalue weighted by Crippen LogP contribution is 2.48. The van der Waals surface area contributed by atoms with Gasteiger partial charge in [0.15, 0.2) is 0 Å². The number of carbonyl (C=O) groups is 1. The van der Waals surface area contributed by atoms with Crippen LogP contribution in [-0.2, 0) is 11.2 Å². The minimum Gasteiger partial charge on any atom is -0.497 e. The second-order valence-corrected chi connectivity index (χ2v) is 6.03. The summed E-state index contributed by atoms with van der Waals surface area (Å²) in [5, 5.41) is 4.07. The van der Waals surface area contributed by atoms with Crippen molar-refractivity contribution in [2.24, 2.45) is 5.41 Å². The van der Waals surface area contributed by atoms with Crippen LogP contribution in [0.5, 0.6) is 5.75 Å². The Kier molecular flexibility index (Phi) is 4.86. The van der Waals surface area contributed by atoms with Crippen LogP contribution >= 0.6 is 15.9 Å². The summed E-state index contributed by atoms with van der Waals surface area (Å²) in [6, 6.07) is 7.64. The molecule has 19 heavy (non-hydrogen) atoms. The van der Waals surface area contributed by atoms with Crippen LogP contribution in [0.1, 0.15) is 24.8 Å². The average Bonchev–Trinajstić information content (AvgIpc) is 3.18. The van der Waals surface area contributed by atoms with E-state index in [0.29, 0.717) is 11.8 Å². The fourth-order valence-corrected chi connectivity index (χ4v) is 3.01. The van der Waals surface area contributed by atoms with Crippen molar-refractivity contribution in [3.05, 3.63) is 29.8 Å². The Hall–Kier alpha value is -1.03. The molecule has 1 saturated carbocycles. The SMILES string of the molecule is COc1ccc(CC(=O)NCC2(CCBr)CC2)cc1. The second-order valence-electron chi connectivity index (χ2n) is 5.24. The number of carbonyl (C=O) groups excluding carboxylic acids is 1. The smallest absolute Gasteiger partial charge is 0.224 e. The van der Waals surface area contributed by atoms with Crippen molar-refractivity contribution in [2.45, 2.75) is 25.7 Å². The molecule has 0 atom stereocenters. The number of methoxy groups -OCH3 is 1. The first-order chi connectivity index (χ1) is 9.17. The van der Waals surface area contributed by atoms with Crippen molar-refractivity contribution in [3.8, 4) is 5.75 Å². The van der Waals surface area contributed by atoms with Gasteiger partial charge in [-0.05, 0) is 42.4 Å². The lowest BCUT2D eigenvalue weighted by Gasteiger charge is -2.14. The van der Waals surface area contributed by atoms with E-state index in [1.165, 1.54) is 12.8 Å². The summed E-state index contributed by atoms with van der Waals surface area (Å²) in [5.74, 6) is 0.921. The van der Waals surface area contributed by atoms with E-state index in [1.54, 1.807) is 7.11 Å². The number of halogens is 1. The lowest BCUT2D eigenvalue weighted by atomic mass is 10.0. The van der Waals surface area contributed by atoms with Gasteiger partial charge in [-0.1, -0.05) is 28.1 Å². The number of hydrogen-bond donors (Lipinski definition) is 1. The third kappa shape index (κ3) is 4.23. The largest absolute Gasteiger partial charge is 0.497 e. The minimum atomic E-state index is 0.103. The second kappa shape index (κ2) is 6.42. The number of alkyl halides is 1. The van der Waals surface area contributed by atoms with Crippen molar-refractivity contribution >= 4 is 21.8 Å². The highest BCUT2D eigenvalue weighted by Gasteiger charge is 2.41. The van der Waals surface area contributed by atoms with Gasteiger partial charge >= 0.3 is 0 Å². The Bertz CT molecular complexity index is 426. The van der Waals surface area contributed by atoms with Crippen molar-refractivity contribution in [1.82, 2.24) is 5.32 Å². The van der Waals surface area contributed by atoms with Crippen molar-refractivity contribution < 1.29 is 9.53 Å². The molecule has 1 aliphatic carbocycles. The molecule has 1 aromatic carbocycles. The number of hydrogen-bond acceptors (Lipinski definition) is 2. The maximum Gasteiger partial charge on any atom is 0.224 e. The number of nitrogens with one attached hydrogen (secondary N) is 1. The Labute approximate surface area is 122 Å². The van der Waals surface area contributed by atoms with Gasteiger partial charge in [-0.3, -0.25) is 4.79 Å². The first-order valence-corrected chi connectivity index (χ1v) is 7.75. The summed E-state index contributed by atoms with van der Waals surface area (Å²) >= 11 is 3.48. The van der Waals surface area contributed by atoms with Gasteiger partial charge in [0.25, 0.3) is 0 Å². The van der Waals surface area contributed by atoms with E-state index in [0.717, 1.165) is 29.6 Å². The van der Waals surface area contributed by atoms with Gasteiger partial charge in [-0.25, -0.2) is 0 Å². The quantitative estimate of drug-likeness (QED) is 0.783. The van der Waals surface area contributed by atoms with E-state index >= 15 is 0 Å². The Morgan fingerprint density at radius 1 is 1.37 bits per heavy atom. The van der Waals surface area contributed by atoms with Crippen LogP contribution in [0, 0.1) is 5.41 Å². The summed E-state index contributed by atoms with van der Waals surface area (Å²) in [4.78, 5) is 11.9. The topological polar surface area (TPSA) is 38.3 Å². The van der Waals surface area contributed by atoms with Gasteiger partial charge in [0.05, 0.1) is 13.5 Å². The molecule has 0 unspecified atom stereocenters. The van der Waals surface area contributed by atoms with E-state index in [-0.39, 0.29) is 5.91 Å². The Morgan fingerprint density at radius 3 is 2.58 bits per heavy atom. The Balaban J connectivity index is 1.77. The molecular weight excluding hydrogens is 306 g/mol. The predicted octanol–water partition coefficient (Wildman–Crippen LogP) is 2.92. The normalized spacial score (nSPS) is 15.9. The van der Waals surface area contributed by atoms with Gasteiger partial charge in [-0.15, -0.1) is 0 Å². The van der Waals surface area contributed by atoms with Gasteiger partial charge in [0.2, 0.25) is 5.91 Å². The van der Waals surface area contributed by atoms with E-state index in [4.69, 9.17) is 4.74 Å². The molecular formula is C15H20BrNO2. The molecule has 0 bridgehead atoms. The molecule has 3 nitrogen and oxygen atoms in total. The Morgan fingerprint density at radius 2 is 2.05 bits per heavy atom. The van der Waals surface area contributed by atoms with Crippen LogP contribution in [0.25, 0.3) is 0 Å². The highest BCUT2D eigenvalue weighted by molar-refractivity contribution is 9.09. The zero-order valence-electron chi connectivity index (χ0n) is 11.2. The molecule has 1 amide bonds. The predicted molar refractivity (Wildman–Crippen MR) is 79.8 cm³/mol. The molecule has 0 aliphatic heterocycles. The lowest BCUT2D eigenvalue weighted by molar-refractivity contribution is -0.120. The molecule has 0 heterocycles. The average molecular weight is 326 g/mol. The molecule has 2 rings (SSSR count). The molecule has 1 fully saturated rings. The van der Waals surface area contributed by atoms with Crippen molar-refractivity contribution in [1.29, 1.82) is 0 Å². The molecule has 104 valence electrons. The molecule has 0 aromatic heterocycles. The van der Waals surface area contributed by atoms with E-state index in [9.17, 15) is 4.79 Å². The van der Waals surface area contributed by atoms with Crippen molar-refractivity contribution in [3.63, 3.8) is 0 Å². The molecule has 1 aromatic rings. The van der Waals surface area contributed by atoms with Crippen LogP contribution in [0.15, 0.2) is 24.3 Å². The molecule has 1 N–H and O–H groups in total. The minimum absolute atomic E-state index is 0.103. The molecule has 0 spiro atoms. The summed E-state index contributed by atoms with van der Waals surface area (Å²) in [6.45, 7) is 0.813. The zero-order chi connectivity index (χ0) is 13.7. The fraction of sp³-hybridized carbons (Fsp3) is 0.533. The zero-order valence-corrected chi connectivity index (χ0v) is 12.8. The molecule has 1 aliphatic rings. The van der Waals surface area contributed by atoms with E-state index in [2.05, 4.69) is 21.2 Å². The first-order valence-electron chi connectivity index (χ1n) is 6.63. The van der Waals surface area contributed by atoms with Crippen molar-refractivity contribution in [2.75, 3.05) is 19.0 Å². The maximum atomic E-state index is 11.9. The van der Waals surface area contributed by atoms with Crippen LogP contribution in [-0.4, -0.2) is 24.9 Å². The molecule has 0 saturated heterocycles. The number of rotatable bonds is 7. The van der Waals surface area contributed by atoms with Gasteiger partial charge < -0.3 is 10.1 Å². The third-order valence-corrected chi connectivity index (χ3v) is 4.16. The number of ether oxygens (including phenoxy) is 1. The molecule has 4 heteroatoms. The standard InChI is InChI=1S/C15H20BrNO2/c1-19-13-4-2-12(3-5-13)10-14(18)17-11-15(6-7-15)8-9-16/h2-5H,6-11H2,1H3,(H,17,18). The van der Waals surface area contributed by atoms with Crippen LogP contribution < -0.4 is 10.1 Å². The third-order valence-electron chi connectivity index (χ3n) is 3.77. The van der Waals surface area contributed by atoms with Gasteiger partial charge in [0, 0.05) is 11.9 Å². The lowest BCUT2D eigenvalue weighted by Crippen LogP contribution is -2.31. The summed E-state index contributed by atoms with van der Waals surface area (Å²) in [5.41, 5.74) is 1.39. The summed E-state index contributed by atoms with van der Waals surface area (Å²) in [7, 11) is 1.64. The molecule has 0 radical (unpaired) electrons. The van der Waals surface area contributed by atoms with Gasteiger partial charge in [0.1, 0.15) is 5.75 Å². The summed E-state index contributed by atoms with van der Waals surface area (Å²) in [6.07, 6.45) is 4.06. The fourth-order valence-electron chi connectivity index (χ4n) is 2.17. The number of amides is 1. The van der Waals surface area contributed by atoms with Crippen LogP contribution in [0.2, 0.25) is 0 Å². The van der Waals surface area contributed by atoms with Crippen LogP contribution in [0.4, 0.5) is 0 Å². The van der Waals surface area contributed by atoms with Crippen LogP contribution in [0.3, 0.4) is 0 Å². The highest BCUT2D eigenvalue weighted by atomic mass is 79.9. The van der Waals surface area contributed by atoms with E-state index in [1.807, 2.05) is 24.3 Å². The summed E-state index contributed by atoms with van der Waals surface area (Å²) < 4.78 is 5.10. The van der Waals surface area contributed by atoms with Gasteiger partial charge in [-0.2, -0.15) is 0 Å². The maximum absolute atomic E-state index is 11.9. The monoisotopic (exact) mass is 325 g/mol.